The van der Waals surface area contributed by atoms with Gasteiger partial charge in [0.15, 0.2) is 0 Å². The van der Waals surface area contributed by atoms with Crippen molar-refractivity contribution in [3.8, 4) is 0 Å². The lowest BCUT2D eigenvalue weighted by molar-refractivity contribution is 0.123. The van der Waals surface area contributed by atoms with E-state index in [9.17, 15) is 4.79 Å². The van der Waals surface area contributed by atoms with Crippen molar-refractivity contribution in [2.75, 3.05) is 27.3 Å². The number of likely N-dealkylation sites (N-methyl/N-ethyl adjacent to an activating group) is 1. The highest BCUT2D eigenvalue weighted by molar-refractivity contribution is 5.74. The monoisotopic (exact) mass is 174 g/mol. The summed E-state index contributed by atoms with van der Waals surface area (Å²) in [5.74, 6) is 0. The number of hydrogen-bond donors (Lipinski definition) is 1. The quantitative estimate of drug-likeness (QED) is 0.681. The van der Waals surface area contributed by atoms with Crippen LogP contribution in [0.2, 0.25) is 0 Å². The molecule has 12 heavy (non-hydrogen) atoms. The Morgan fingerprint density at radius 1 is 1.67 bits per heavy atom. The molecule has 1 unspecified atom stereocenters. The Bertz CT molecular complexity index is 139. The molecule has 1 N–H and O–H groups in total. The number of rotatable bonds is 4. The normalized spacial score (nSPS) is 12.3. The van der Waals surface area contributed by atoms with E-state index >= 15 is 0 Å². The minimum Gasteiger partial charge on any atom is -0.383 e. The van der Waals surface area contributed by atoms with E-state index in [1.807, 2.05) is 13.8 Å². The highest BCUT2D eigenvalue weighted by atomic mass is 16.5. The first-order chi connectivity index (χ1) is 5.63. The third-order valence-electron chi connectivity index (χ3n) is 1.72. The summed E-state index contributed by atoms with van der Waals surface area (Å²) in [4.78, 5) is 12.9. The molecule has 0 spiro atoms. The van der Waals surface area contributed by atoms with Gasteiger partial charge in [0.1, 0.15) is 0 Å². The van der Waals surface area contributed by atoms with Crippen molar-refractivity contribution in [3.05, 3.63) is 0 Å². The molecule has 4 nitrogen and oxygen atoms in total. The Morgan fingerprint density at radius 2 is 2.25 bits per heavy atom. The van der Waals surface area contributed by atoms with Crippen molar-refractivity contribution >= 4 is 6.03 Å². The summed E-state index contributed by atoms with van der Waals surface area (Å²) in [7, 11) is 3.39. The second-order valence-corrected chi connectivity index (χ2v) is 2.75. The summed E-state index contributed by atoms with van der Waals surface area (Å²) in [5.41, 5.74) is 0. The molecule has 0 aliphatic carbocycles. The first kappa shape index (κ1) is 11.2. The van der Waals surface area contributed by atoms with E-state index < -0.39 is 0 Å². The molecule has 0 rings (SSSR count). The molecule has 1 atom stereocenters. The molecule has 0 aromatic rings. The maximum Gasteiger partial charge on any atom is 0.317 e. The van der Waals surface area contributed by atoms with Crippen LogP contribution in [0.4, 0.5) is 4.79 Å². The summed E-state index contributed by atoms with van der Waals surface area (Å²) in [6.07, 6.45) is 0. The van der Waals surface area contributed by atoms with Gasteiger partial charge in [0, 0.05) is 20.7 Å². The second kappa shape index (κ2) is 5.83. The molecule has 0 saturated carbocycles. The fourth-order valence-electron chi connectivity index (χ4n) is 0.829. The van der Waals surface area contributed by atoms with Crippen molar-refractivity contribution in [1.29, 1.82) is 0 Å². The van der Waals surface area contributed by atoms with Crippen LogP contribution < -0.4 is 5.32 Å². The predicted molar refractivity (Wildman–Crippen MR) is 48.2 cm³/mol. The maximum atomic E-state index is 11.2. The van der Waals surface area contributed by atoms with Gasteiger partial charge < -0.3 is 15.0 Å². The van der Waals surface area contributed by atoms with Gasteiger partial charge in [0.25, 0.3) is 0 Å². The fourth-order valence-corrected chi connectivity index (χ4v) is 0.829. The summed E-state index contributed by atoms with van der Waals surface area (Å²) >= 11 is 0. The van der Waals surface area contributed by atoms with Crippen molar-refractivity contribution in [3.63, 3.8) is 0 Å². The second-order valence-electron chi connectivity index (χ2n) is 2.75. The van der Waals surface area contributed by atoms with Crippen LogP contribution in [0.1, 0.15) is 13.8 Å². The number of nitrogens with one attached hydrogen (secondary N) is 1. The Hall–Kier alpha value is -0.770. The van der Waals surface area contributed by atoms with Gasteiger partial charge in [0.05, 0.1) is 12.6 Å². The van der Waals surface area contributed by atoms with Gasteiger partial charge in [-0.3, -0.25) is 0 Å². The lowest BCUT2D eigenvalue weighted by Crippen LogP contribution is -2.43. The largest absolute Gasteiger partial charge is 0.383 e. The van der Waals surface area contributed by atoms with Crippen LogP contribution in [-0.4, -0.2) is 44.3 Å². The number of amides is 2. The van der Waals surface area contributed by atoms with E-state index in [-0.39, 0.29) is 12.1 Å². The summed E-state index contributed by atoms with van der Waals surface area (Å²) in [6, 6.07) is 0.0589. The van der Waals surface area contributed by atoms with Gasteiger partial charge in [0.2, 0.25) is 0 Å². The maximum absolute atomic E-state index is 11.2. The van der Waals surface area contributed by atoms with Crippen LogP contribution in [0.25, 0.3) is 0 Å². The molecule has 0 heterocycles. The molecular weight excluding hydrogens is 156 g/mol. The summed E-state index contributed by atoms with van der Waals surface area (Å²) in [6.45, 7) is 5.06. The minimum atomic E-state index is -0.0537. The van der Waals surface area contributed by atoms with Crippen LogP contribution >= 0.6 is 0 Å². The van der Waals surface area contributed by atoms with Crippen LogP contribution in [0.5, 0.6) is 0 Å². The van der Waals surface area contributed by atoms with Crippen molar-refractivity contribution in [2.45, 2.75) is 19.9 Å². The zero-order valence-corrected chi connectivity index (χ0v) is 8.26. The average Bonchev–Trinajstić information content (AvgIpc) is 2.04. The molecule has 72 valence electrons. The van der Waals surface area contributed by atoms with E-state index in [1.54, 1.807) is 19.1 Å². The lowest BCUT2D eigenvalue weighted by atomic mass is 10.3. The number of nitrogens with zero attached hydrogens (tertiary/aromatic N) is 1. The molecule has 0 bridgehead atoms. The minimum absolute atomic E-state index is 0.0537. The summed E-state index contributed by atoms with van der Waals surface area (Å²) < 4.78 is 4.93. The smallest absolute Gasteiger partial charge is 0.317 e. The van der Waals surface area contributed by atoms with E-state index in [0.717, 1.165) is 0 Å². The van der Waals surface area contributed by atoms with Crippen LogP contribution in [0, 0.1) is 0 Å². The third kappa shape index (κ3) is 3.57. The number of urea groups is 1. The lowest BCUT2D eigenvalue weighted by Gasteiger charge is -2.24. The number of carbonyl (C=O) groups excluding carboxylic acids is 1. The molecule has 0 radical (unpaired) electrons. The summed E-state index contributed by atoms with van der Waals surface area (Å²) in [5, 5.41) is 2.72. The Morgan fingerprint density at radius 3 is 2.67 bits per heavy atom. The van der Waals surface area contributed by atoms with Crippen molar-refractivity contribution < 1.29 is 9.53 Å². The third-order valence-corrected chi connectivity index (χ3v) is 1.72. The van der Waals surface area contributed by atoms with Gasteiger partial charge in [-0.1, -0.05) is 0 Å². The predicted octanol–water partition coefficient (Wildman–Crippen LogP) is 0.683. The first-order valence-electron chi connectivity index (χ1n) is 4.13. The molecule has 4 heteroatoms. The van der Waals surface area contributed by atoms with Crippen LogP contribution in [0.15, 0.2) is 0 Å². The molecule has 0 aliphatic heterocycles. The zero-order chi connectivity index (χ0) is 9.56. The molecule has 0 saturated heterocycles. The number of methoxy groups -OCH3 is 1. The number of hydrogen-bond acceptors (Lipinski definition) is 2. The Balaban J connectivity index is 3.82. The number of ether oxygens (including phenoxy) is 1. The highest BCUT2D eigenvalue weighted by Crippen LogP contribution is 1.95. The average molecular weight is 174 g/mol. The Labute approximate surface area is 73.9 Å². The molecule has 0 aromatic carbocycles. The standard InChI is InChI=1S/C8H18N2O2/c1-5-9-8(11)10(3)7(2)6-12-4/h7H,5-6H2,1-4H3,(H,9,11). The molecule has 0 aromatic heterocycles. The van der Waals surface area contributed by atoms with Gasteiger partial charge >= 0.3 is 6.03 Å². The fraction of sp³-hybridized carbons (Fsp3) is 0.875. The van der Waals surface area contributed by atoms with Crippen molar-refractivity contribution in [1.82, 2.24) is 10.2 Å². The number of carbonyl (C=O) groups is 1. The van der Waals surface area contributed by atoms with Gasteiger partial charge in [-0.15, -0.1) is 0 Å². The highest BCUT2D eigenvalue weighted by Gasteiger charge is 2.13. The van der Waals surface area contributed by atoms with E-state index in [2.05, 4.69) is 5.32 Å². The molecule has 2 amide bonds. The van der Waals surface area contributed by atoms with Crippen LogP contribution in [-0.2, 0) is 4.74 Å². The topological polar surface area (TPSA) is 41.6 Å². The SMILES string of the molecule is CCNC(=O)N(C)C(C)COC. The van der Waals surface area contributed by atoms with Gasteiger partial charge in [-0.25, -0.2) is 4.79 Å². The molecule has 0 fully saturated rings. The molecular formula is C8H18N2O2. The van der Waals surface area contributed by atoms with E-state index in [0.29, 0.717) is 13.2 Å². The first-order valence-corrected chi connectivity index (χ1v) is 4.13. The van der Waals surface area contributed by atoms with Gasteiger partial charge in [-0.05, 0) is 13.8 Å². The van der Waals surface area contributed by atoms with Gasteiger partial charge in [-0.2, -0.15) is 0 Å². The van der Waals surface area contributed by atoms with E-state index in [4.69, 9.17) is 4.74 Å². The van der Waals surface area contributed by atoms with Crippen LogP contribution in [0.3, 0.4) is 0 Å². The zero-order valence-electron chi connectivity index (χ0n) is 8.26. The van der Waals surface area contributed by atoms with Crippen molar-refractivity contribution in [2.24, 2.45) is 0 Å². The Kier molecular flexibility index (Phi) is 5.45. The molecule has 0 aliphatic rings. The van der Waals surface area contributed by atoms with E-state index in [1.165, 1.54) is 0 Å².